The molecule has 1 aromatic carbocycles. The summed E-state index contributed by atoms with van der Waals surface area (Å²) in [7, 11) is 1.84. The lowest BCUT2D eigenvalue weighted by Crippen LogP contribution is -2.43. The van der Waals surface area contributed by atoms with Crippen molar-refractivity contribution in [1.82, 2.24) is 19.7 Å². The molecule has 0 spiro atoms. The van der Waals surface area contributed by atoms with Gasteiger partial charge in [0.1, 0.15) is 0 Å². The van der Waals surface area contributed by atoms with Crippen molar-refractivity contribution in [2.24, 2.45) is 7.05 Å². The Morgan fingerprint density at radius 3 is 2.79 bits per heavy atom. The lowest BCUT2D eigenvalue weighted by atomic mass is 10.2. The van der Waals surface area contributed by atoms with Gasteiger partial charge in [0.15, 0.2) is 10.8 Å². The molecule has 0 unspecified atom stereocenters. The number of hydrogen-bond acceptors (Lipinski definition) is 6. The van der Waals surface area contributed by atoms with E-state index in [1.807, 2.05) is 26.2 Å². The van der Waals surface area contributed by atoms with Crippen LogP contribution in [0.2, 0.25) is 0 Å². The summed E-state index contributed by atoms with van der Waals surface area (Å²) in [6.07, 6.45) is 2.86. The topological polar surface area (TPSA) is 63.5 Å². The van der Waals surface area contributed by atoms with Crippen molar-refractivity contribution in [2.45, 2.75) is 20.3 Å². The SMILES string of the molecule is CCc1ccc2nc(N(CCN3CCOCC3)C(=O)c3nn(C)cc3C)sc2c1. The average molecular weight is 414 g/mol. The van der Waals surface area contributed by atoms with Gasteiger partial charge in [-0.2, -0.15) is 5.10 Å². The molecule has 1 aliphatic rings. The molecule has 1 saturated heterocycles. The molecule has 0 N–H and O–H groups in total. The summed E-state index contributed by atoms with van der Waals surface area (Å²) in [5.74, 6) is -0.0915. The lowest BCUT2D eigenvalue weighted by molar-refractivity contribution is 0.0391. The van der Waals surface area contributed by atoms with Crippen molar-refractivity contribution >= 4 is 32.6 Å². The number of fused-ring (bicyclic) bond motifs is 1. The normalized spacial score (nSPS) is 15.1. The average Bonchev–Trinajstić information content (AvgIpc) is 3.30. The Balaban J connectivity index is 1.65. The summed E-state index contributed by atoms with van der Waals surface area (Å²) in [4.78, 5) is 22.3. The minimum Gasteiger partial charge on any atom is -0.379 e. The fourth-order valence-corrected chi connectivity index (χ4v) is 4.64. The van der Waals surface area contributed by atoms with Gasteiger partial charge in [-0.25, -0.2) is 4.98 Å². The maximum atomic E-state index is 13.4. The van der Waals surface area contributed by atoms with Gasteiger partial charge >= 0.3 is 0 Å². The highest BCUT2D eigenvalue weighted by Gasteiger charge is 2.26. The number of aromatic nitrogens is 3. The summed E-state index contributed by atoms with van der Waals surface area (Å²) >= 11 is 1.57. The highest BCUT2D eigenvalue weighted by Crippen LogP contribution is 2.30. The second kappa shape index (κ2) is 8.61. The van der Waals surface area contributed by atoms with Crippen LogP contribution in [-0.2, 0) is 18.2 Å². The Hall–Kier alpha value is -2.29. The van der Waals surface area contributed by atoms with Gasteiger partial charge < -0.3 is 4.74 Å². The number of anilines is 1. The van der Waals surface area contributed by atoms with Crippen molar-refractivity contribution in [1.29, 1.82) is 0 Å². The van der Waals surface area contributed by atoms with Crippen LogP contribution in [0.4, 0.5) is 5.13 Å². The molecule has 3 aromatic rings. The Morgan fingerprint density at radius 2 is 2.10 bits per heavy atom. The monoisotopic (exact) mass is 413 g/mol. The molecule has 1 fully saturated rings. The van der Waals surface area contributed by atoms with E-state index >= 15 is 0 Å². The second-order valence-electron chi connectivity index (χ2n) is 7.40. The maximum Gasteiger partial charge on any atom is 0.280 e. The van der Waals surface area contributed by atoms with Gasteiger partial charge in [0.05, 0.1) is 23.4 Å². The number of thiazole rings is 1. The summed E-state index contributed by atoms with van der Waals surface area (Å²) in [6, 6.07) is 6.33. The first-order valence-corrected chi connectivity index (χ1v) is 10.9. The summed E-state index contributed by atoms with van der Waals surface area (Å²) in [6.45, 7) is 8.71. The standard InChI is InChI=1S/C21H27N5O2S/c1-4-16-5-6-17-18(13-16)29-21(22-17)26(8-7-25-9-11-28-12-10-25)20(27)19-15(2)14-24(3)23-19/h5-6,13-14H,4,7-12H2,1-3H3. The van der Waals surface area contributed by atoms with Crippen LogP contribution in [-0.4, -0.2) is 65.0 Å². The van der Waals surface area contributed by atoms with E-state index in [-0.39, 0.29) is 5.91 Å². The van der Waals surface area contributed by atoms with Crippen LogP contribution < -0.4 is 4.90 Å². The fourth-order valence-electron chi connectivity index (χ4n) is 3.59. The number of nitrogens with zero attached hydrogens (tertiary/aromatic N) is 5. The molecular weight excluding hydrogens is 386 g/mol. The fraction of sp³-hybridized carbons (Fsp3) is 0.476. The number of carbonyl (C=O) groups is 1. The van der Waals surface area contributed by atoms with E-state index in [0.29, 0.717) is 12.2 Å². The Bertz CT molecular complexity index is 1010. The van der Waals surface area contributed by atoms with Crippen LogP contribution in [0.5, 0.6) is 0 Å². The lowest BCUT2D eigenvalue weighted by Gasteiger charge is -2.29. The van der Waals surface area contributed by atoms with Crippen molar-refractivity contribution in [3.8, 4) is 0 Å². The third-order valence-electron chi connectivity index (χ3n) is 5.28. The number of hydrogen-bond donors (Lipinski definition) is 0. The molecule has 154 valence electrons. The highest BCUT2D eigenvalue weighted by atomic mass is 32.1. The van der Waals surface area contributed by atoms with E-state index in [0.717, 1.165) is 60.2 Å². The van der Waals surface area contributed by atoms with Crippen molar-refractivity contribution in [3.05, 3.63) is 41.2 Å². The third kappa shape index (κ3) is 4.34. The van der Waals surface area contributed by atoms with Gasteiger partial charge in [-0.05, 0) is 31.0 Å². The number of ether oxygens (including phenoxy) is 1. The molecule has 0 saturated carbocycles. The smallest absolute Gasteiger partial charge is 0.280 e. The van der Waals surface area contributed by atoms with E-state index in [9.17, 15) is 4.79 Å². The van der Waals surface area contributed by atoms with Crippen LogP contribution in [0.25, 0.3) is 10.2 Å². The molecule has 0 radical (unpaired) electrons. The molecule has 8 heteroatoms. The minimum atomic E-state index is -0.0915. The second-order valence-corrected chi connectivity index (χ2v) is 8.41. The Labute approximate surface area is 174 Å². The van der Waals surface area contributed by atoms with Crippen LogP contribution >= 0.6 is 11.3 Å². The predicted octanol–water partition coefficient (Wildman–Crippen LogP) is 2.88. The van der Waals surface area contributed by atoms with Gasteiger partial charge in [0.2, 0.25) is 0 Å². The van der Waals surface area contributed by atoms with Gasteiger partial charge in [-0.3, -0.25) is 19.3 Å². The molecular formula is C21H27N5O2S. The molecule has 29 heavy (non-hydrogen) atoms. The predicted molar refractivity (Wildman–Crippen MR) is 116 cm³/mol. The van der Waals surface area contributed by atoms with Crippen molar-refractivity contribution in [2.75, 3.05) is 44.3 Å². The molecule has 7 nitrogen and oxygen atoms in total. The highest BCUT2D eigenvalue weighted by molar-refractivity contribution is 7.22. The molecule has 0 aliphatic carbocycles. The zero-order valence-electron chi connectivity index (χ0n) is 17.2. The zero-order valence-corrected chi connectivity index (χ0v) is 18.0. The molecule has 1 aliphatic heterocycles. The number of amides is 1. The maximum absolute atomic E-state index is 13.4. The van der Waals surface area contributed by atoms with E-state index in [2.05, 4.69) is 29.1 Å². The van der Waals surface area contributed by atoms with Crippen LogP contribution in [0.1, 0.15) is 28.5 Å². The minimum absolute atomic E-state index is 0.0915. The number of morpholine rings is 1. The molecule has 4 rings (SSSR count). The van der Waals surface area contributed by atoms with Crippen molar-refractivity contribution in [3.63, 3.8) is 0 Å². The molecule has 3 heterocycles. The van der Waals surface area contributed by atoms with E-state index in [4.69, 9.17) is 9.72 Å². The zero-order chi connectivity index (χ0) is 20.4. The summed E-state index contributed by atoms with van der Waals surface area (Å²) in [5, 5.41) is 5.13. The first-order chi connectivity index (χ1) is 14.0. The number of aryl methyl sites for hydroxylation is 3. The van der Waals surface area contributed by atoms with E-state index in [1.54, 1.807) is 20.9 Å². The van der Waals surface area contributed by atoms with E-state index < -0.39 is 0 Å². The Kier molecular flexibility index (Phi) is 5.94. The molecule has 1 amide bonds. The molecule has 0 atom stereocenters. The van der Waals surface area contributed by atoms with Gasteiger partial charge in [-0.1, -0.05) is 24.3 Å². The Morgan fingerprint density at radius 1 is 1.31 bits per heavy atom. The van der Waals surface area contributed by atoms with Crippen LogP contribution in [0.3, 0.4) is 0 Å². The van der Waals surface area contributed by atoms with E-state index in [1.165, 1.54) is 5.56 Å². The van der Waals surface area contributed by atoms with Crippen LogP contribution in [0, 0.1) is 6.92 Å². The quantitative estimate of drug-likeness (QED) is 0.622. The van der Waals surface area contributed by atoms with Crippen LogP contribution in [0.15, 0.2) is 24.4 Å². The molecule has 2 aromatic heterocycles. The van der Waals surface area contributed by atoms with Gasteiger partial charge in [0, 0.05) is 45.0 Å². The number of benzene rings is 1. The molecule has 0 bridgehead atoms. The number of rotatable bonds is 6. The largest absolute Gasteiger partial charge is 0.379 e. The number of carbonyl (C=O) groups excluding carboxylic acids is 1. The van der Waals surface area contributed by atoms with Gasteiger partial charge in [-0.15, -0.1) is 0 Å². The first kappa shape index (κ1) is 20.0. The third-order valence-corrected chi connectivity index (χ3v) is 6.32. The summed E-state index contributed by atoms with van der Waals surface area (Å²) in [5.41, 5.74) is 3.58. The summed E-state index contributed by atoms with van der Waals surface area (Å²) < 4.78 is 8.24. The first-order valence-electron chi connectivity index (χ1n) is 10.1. The van der Waals surface area contributed by atoms with Gasteiger partial charge in [0.25, 0.3) is 5.91 Å². The van der Waals surface area contributed by atoms with Crippen molar-refractivity contribution < 1.29 is 9.53 Å².